The van der Waals surface area contributed by atoms with Crippen LogP contribution >= 0.6 is 0 Å². The minimum Gasteiger partial charge on any atom is -0.497 e. The standard InChI is InChI=1S/C21H26N4O3/c1-12-18(13(2)24(3)23-12)11-25(14-5-6-14)21(27)17-10-20(26)22-19-8-7-15(28-4)9-16(17)19/h7-9,14,17H,5-6,10-11H2,1-4H3,(H,22,26)/t17-/m0/s1. The van der Waals surface area contributed by atoms with Gasteiger partial charge in [0.05, 0.1) is 18.7 Å². The molecule has 1 saturated carbocycles. The number of aryl methyl sites for hydroxylation is 2. The Hall–Kier alpha value is -2.83. The van der Waals surface area contributed by atoms with Gasteiger partial charge in [0, 0.05) is 43.0 Å². The van der Waals surface area contributed by atoms with Crippen LogP contribution in [0.4, 0.5) is 5.69 Å². The molecular formula is C21H26N4O3. The Morgan fingerprint density at radius 3 is 2.71 bits per heavy atom. The predicted molar refractivity (Wildman–Crippen MR) is 105 cm³/mol. The summed E-state index contributed by atoms with van der Waals surface area (Å²) >= 11 is 0. The molecule has 4 rings (SSSR count). The number of ether oxygens (including phenoxy) is 1. The predicted octanol–water partition coefficient (Wildman–Crippen LogP) is 2.66. The average molecular weight is 382 g/mol. The van der Waals surface area contributed by atoms with Crippen LogP contribution in [0.25, 0.3) is 0 Å². The van der Waals surface area contributed by atoms with Crippen molar-refractivity contribution in [2.24, 2.45) is 7.05 Å². The highest BCUT2D eigenvalue weighted by molar-refractivity contribution is 6.01. The van der Waals surface area contributed by atoms with Crippen molar-refractivity contribution in [1.29, 1.82) is 0 Å². The van der Waals surface area contributed by atoms with Gasteiger partial charge in [0.25, 0.3) is 0 Å². The van der Waals surface area contributed by atoms with Crippen LogP contribution in [-0.4, -0.2) is 39.6 Å². The lowest BCUT2D eigenvalue weighted by Crippen LogP contribution is -2.39. The van der Waals surface area contributed by atoms with Crippen molar-refractivity contribution in [3.63, 3.8) is 0 Å². The maximum absolute atomic E-state index is 13.6. The molecule has 0 radical (unpaired) electrons. The molecule has 1 fully saturated rings. The second-order valence-corrected chi connectivity index (χ2v) is 7.73. The van der Waals surface area contributed by atoms with Crippen molar-refractivity contribution >= 4 is 17.5 Å². The number of carbonyl (C=O) groups is 2. The number of carbonyl (C=O) groups excluding carboxylic acids is 2. The van der Waals surface area contributed by atoms with Crippen molar-refractivity contribution < 1.29 is 14.3 Å². The smallest absolute Gasteiger partial charge is 0.231 e. The third-order valence-corrected chi connectivity index (χ3v) is 5.85. The number of benzene rings is 1. The average Bonchev–Trinajstić information content (AvgIpc) is 3.48. The molecule has 7 nitrogen and oxygen atoms in total. The fourth-order valence-corrected chi connectivity index (χ4v) is 3.98. The first-order valence-electron chi connectivity index (χ1n) is 9.66. The Kier molecular flexibility index (Phi) is 4.61. The van der Waals surface area contributed by atoms with Gasteiger partial charge < -0.3 is 15.0 Å². The van der Waals surface area contributed by atoms with Gasteiger partial charge in [0.2, 0.25) is 11.8 Å². The van der Waals surface area contributed by atoms with Gasteiger partial charge in [0.1, 0.15) is 5.75 Å². The zero-order chi connectivity index (χ0) is 20.0. The monoisotopic (exact) mass is 382 g/mol. The molecule has 2 heterocycles. The van der Waals surface area contributed by atoms with Crippen molar-refractivity contribution in [2.45, 2.75) is 51.6 Å². The normalized spacial score (nSPS) is 18.4. The molecule has 1 aromatic carbocycles. The molecule has 2 aliphatic rings. The zero-order valence-corrected chi connectivity index (χ0v) is 16.8. The van der Waals surface area contributed by atoms with Gasteiger partial charge in [-0.15, -0.1) is 0 Å². The Balaban J connectivity index is 1.67. The van der Waals surface area contributed by atoms with Gasteiger partial charge in [0.15, 0.2) is 0 Å². The van der Waals surface area contributed by atoms with Crippen LogP contribution < -0.4 is 10.1 Å². The molecule has 2 aromatic rings. The molecule has 1 aliphatic carbocycles. The van der Waals surface area contributed by atoms with Gasteiger partial charge >= 0.3 is 0 Å². The molecule has 2 amide bonds. The Morgan fingerprint density at radius 2 is 2.11 bits per heavy atom. The molecule has 1 N–H and O–H groups in total. The molecule has 0 unspecified atom stereocenters. The lowest BCUT2D eigenvalue weighted by atomic mass is 9.88. The van der Waals surface area contributed by atoms with Crippen LogP contribution in [0.2, 0.25) is 0 Å². The second-order valence-electron chi connectivity index (χ2n) is 7.73. The van der Waals surface area contributed by atoms with Crippen LogP contribution in [0, 0.1) is 13.8 Å². The minimum absolute atomic E-state index is 0.00880. The maximum Gasteiger partial charge on any atom is 0.231 e. The lowest BCUT2D eigenvalue weighted by molar-refractivity contribution is -0.136. The number of nitrogens with one attached hydrogen (secondary N) is 1. The number of rotatable bonds is 5. The van der Waals surface area contributed by atoms with Crippen molar-refractivity contribution in [3.05, 3.63) is 40.7 Å². The van der Waals surface area contributed by atoms with Crippen molar-refractivity contribution in [1.82, 2.24) is 14.7 Å². The summed E-state index contributed by atoms with van der Waals surface area (Å²) in [5, 5.41) is 7.36. The number of anilines is 1. The van der Waals surface area contributed by atoms with Crippen LogP contribution in [-0.2, 0) is 23.2 Å². The van der Waals surface area contributed by atoms with E-state index in [0.717, 1.165) is 35.4 Å². The quantitative estimate of drug-likeness (QED) is 0.863. The number of aromatic nitrogens is 2. The molecule has 7 heteroatoms. The minimum atomic E-state index is -0.489. The number of hydrogen-bond donors (Lipinski definition) is 1. The second kappa shape index (κ2) is 6.96. The van der Waals surface area contributed by atoms with Crippen molar-refractivity contribution in [2.75, 3.05) is 12.4 Å². The third kappa shape index (κ3) is 3.25. The summed E-state index contributed by atoms with van der Waals surface area (Å²) in [6, 6.07) is 5.71. The molecule has 0 spiro atoms. The number of hydrogen-bond acceptors (Lipinski definition) is 4. The van der Waals surface area contributed by atoms with E-state index in [1.54, 1.807) is 13.2 Å². The SMILES string of the molecule is COc1ccc2c(c1)[C@@H](C(=O)N(Cc1c(C)nn(C)c1C)C1CC1)CC(=O)N2. The highest BCUT2D eigenvalue weighted by Crippen LogP contribution is 2.39. The number of nitrogens with zero attached hydrogens (tertiary/aromatic N) is 3. The highest BCUT2D eigenvalue weighted by atomic mass is 16.5. The van der Waals surface area contributed by atoms with E-state index in [0.29, 0.717) is 18.0 Å². The topological polar surface area (TPSA) is 76.5 Å². The summed E-state index contributed by atoms with van der Waals surface area (Å²) in [5.74, 6) is 0.0800. The van der Waals surface area contributed by atoms with E-state index in [1.807, 2.05) is 42.6 Å². The van der Waals surface area contributed by atoms with E-state index in [1.165, 1.54) is 0 Å². The van der Waals surface area contributed by atoms with Crippen molar-refractivity contribution in [3.8, 4) is 5.75 Å². The molecule has 1 atom stereocenters. The van der Waals surface area contributed by atoms with E-state index in [-0.39, 0.29) is 24.3 Å². The van der Waals surface area contributed by atoms with Gasteiger partial charge in [-0.05, 0) is 50.5 Å². The lowest BCUT2D eigenvalue weighted by Gasteiger charge is -2.31. The van der Waals surface area contributed by atoms with Gasteiger partial charge in [-0.1, -0.05) is 0 Å². The third-order valence-electron chi connectivity index (χ3n) is 5.85. The van der Waals surface area contributed by atoms with Crippen LogP contribution in [0.15, 0.2) is 18.2 Å². The molecular weight excluding hydrogens is 356 g/mol. The summed E-state index contributed by atoms with van der Waals surface area (Å²) < 4.78 is 7.19. The van der Waals surface area contributed by atoms with E-state index in [4.69, 9.17) is 4.74 Å². The fraction of sp³-hybridized carbons (Fsp3) is 0.476. The van der Waals surface area contributed by atoms with Gasteiger partial charge in [-0.2, -0.15) is 5.10 Å². The van der Waals surface area contributed by atoms with Crippen LogP contribution in [0.5, 0.6) is 5.75 Å². The first-order chi connectivity index (χ1) is 13.4. The number of methoxy groups -OCH3 is 1. The first kappa shape index (κ1) is 18.5. The van der Waals surface area contributed by atoms with Crippen LogP contribution in [0.3, 0.4) is 0 Å². The summed E-state index contributed by atoms with van der Waals surface area (Å²) in [5.41, 5.74) is 4.63. The summed E-state index contributed by atoms with van der Waals surface area (Å²) in [7, 11) is 3.52. The first-order valence-corrected chi connectivity index (χ1v) is 9.66. The number of amides is 2. The summed E-state index contributed by atoms with van der Waals surface area (Å²) in [6.45, 7) is 4.54. The Bertz CT molecular complexity index is 945. The van der Waals surface area contributed by atoms with Crippen LogP contribution in [0.1, 0.15) is 47.7 Å². The molecule has 1 aliphatic heterocycles. The van der Waals surface area contributed by atoms with Gasteiger partial charge in [-0.3, -0.25) is 14.3 Å². The molecule has 0 saturated heterocycles. The van der Waals surface area contributed by atoms with E-state index < -0.39 is 5.92 Å². The Morgan fingerprint density at radius 1 is 1.36 bits per heavy atom. The van der Waals surface area contributed by atoms with Gasteiger partial charge in [-0.25, -0.2) is 0 Å². The molecule has 1 aromatic heterocycles. The number of fused-ring (bicyclic) bond motifs is 1. The highest BCUT2D eigenvalue weighted by Gasteiger charge is 2.40. The van der Waals surface area contributed by atoms with E-state index in [9.17, 15) is 9.59 Å². The Labute approximate surface area is 164 Å². The fourth-order valence-electron chi connectivity index (χ4n) is 3.98. The molecule has 148 valence electrons. The largest absolute Gasteiger partial charge is 0.497 e. The van der Waals surface area contributed by atoms with E-state index >= 15 is 0 Å². The summed E-state index contributed by atoms with van der Waals surface area (Å²) in [6.07, 6.45) is 2.18. The molecule has 0 bridgehead atoms. The maximum atomic E-state index is 13.6. The zero-order valence-electron chi connectivity index (χ0n) is 16.8. The summed E-state index contributed by atoms with van der Waals surface area (Å²) in [4.78, 5) is 27.8. The van der Waals surface area contributed by atoms with E-state index in [2.05, 4.69) is 10.4 Å². The molecule has 28 heavy (non-hydrogen) atoms.